The minimum absolute atomic E-state index is 0.243. The number of hydrogen-bond acceptors (Lipinski definition) is 2. The molecule has 1 fully saturated rings. The second-order valence-corrected chi connectivity index (χ2v) is 4.58. The lowest BCUT2D eigenvalue weighted by molar-refractivity contribution is -0.131. The summed E-state index contributed by atoms with van der Waals surface area (Å²) in [7, 11) is 0. The molecule has 0 radical (unpaired) electrons. The molecule has 88 valence electrons. The molecule has 4 nitrogen and oxygen atoms in total. The van der Waals surface area contributed by atoms with Crippen LogP contribution >= 0.6 is 15.9 Å². The highest BCUT2D eigenvalue weighted by Gasteiger charge is 2.60. The van der Waals surface area contributed by atoms with Crippen molar-refractivity contribution in [2.75, 3.05) is 0 Å². The molecular formula is C8H5BrF3NO3. The van der Waals surface area contributed by atoms with Crippen molar-refractivity contribution in [2.45, 2.75) is 17.0 Å². The summed E-state index contributed by atoms with van der Waals surface area (Å²) in [5.74, 6) is -1.86. The van der Waals surface area contributed by atoms with Crippen LogP contribution in [0, 0.1) is 5.92 Å². The van der Waals surface area contributed by atoms with Gasteiger partial charge >= 0.3 is 12.3 Å². The molecule has 0 unspecified atom stereocenters. The molecular weight excluding hydrogens is 295 g/mol. The normalized spacial score (nSPS) is 33.2. The fourth-order valence-electron chi connectivity index (χ4n) is 2.01. The number of imide groups is 1. The third-order valence-corrected chi connectivity index (χ3v) is 3.73. The van der Waals surface area contributed by atoms with Crippen molar-refractivity contribution in [2.24, 2.45) is 5.92 Å². The van der Waals surface area contributed by atoms with Crippen LogP contribution in [0.3, 0.4) is 0 Å². The van der Waals surface area contributed by atoms with E-state index in [0.717, 1.165) is 6.08 Å². The van der Waals surface area contributed by atoms with Gasteiger partial charge in [-0.15, -0.1) is 0 Å². The highest BCUT2D eigenvalue weighted by molar-refractivity contribution is 9.09. The first-order valence-corrected chi connectivity index (χ1v) is 5.15. The largest absolute Gasteiger partial charge is 0.465 e. The predicted octanol–water partition coefficient (Wildman–Crippen LogP) is 1.76. The Kier molecular flexibility index (Phi) is 2.30. The van der Waals surface area contributed by atoms with Crippen LogP contribution in [0.25, 0.3) is 0 Å². The van der Waals surface area contributed by atoms with Crippen LogP contribution in [0.5, 0.6) is 0 Å². The molecule has 0 aromatic rings. The van der Waals surface area contributed by atoms with Gasteiger partial charge in [-0.1, -0.05) is 22.0 Å². The summed E-state index contributed by atoms with van der Waals surface area (Å²) in [5.41, 5.74) is -0.971. The van der Waals surface area contributed by atoms with Crippen molar-refractivity contribution in [3.8, 4) is 0 Å². The first-order valence-electron chi connectivity index (χ1n) is 4.24. The molecule has 0 saturated carbocycles. The number of halogens is 4. The molecule has 2 rings (SSSR count). The molecule has 1 aliphatic heterocycles. The third-order valence-electron chi connectivity index (χ3n) is 2.66. The van der Waals surface area contributed by atoms with E-state index >= 15 is 0 Å². The second kappa shape index (κ2) is 3.22. The molecule has 2 bridgehead atoms. The number of alkyl halides is 4. The number of fused-ring (bicyclic) bond motifs is 2. The number of hydrogen-bond donors (Lipinski definition) is 1. The molecule has 1 N–H and O–H groups in total. The zero-order chi connectivity index (χ0) is 12.2. The van der Waals surface area contributed by atoms with Gasteiger partial charge < -0.3 is 5.11 Å². The van der Waals surface area contributed by atoms with Crippen LogP contribution in [0.4, 0.5) is 18.0 Å². The first-order chi connectivity index (χ1) is 7.25. The number of carbonyl (C=O) groups excluding carboxylic acids is 1. The Hall–Kier alpha value is -1.05. The molecule has 8 heteroatoms. The van der Waals surface area contributed by atoms with E-state index < -0.39 is 40.5 Å². The minimum Gasteiger partial charge on any atom is -0.465 e. The van der Waals surface area contributed by atoms with E-state index in [1.165, 1.54) is 0 Å². The summed E-state index contributed by atoms with van der Waals surface area (Å²) in [4.78, 5) is 21.5. The van der Waals surface area contributed by atoms with Crippen molar-refractivity contribution in [1.82, 2.24) is 4.90 Å². The lowest BCUT2D eigenvalue weighted by Gasteiger charge is -2.25. The summed E-state index contributed by atoms with van der Waals surface area (Å²) < 4.78 is 37.6. The SMILES string of the molecule is O=C(O)N1C(=O)[C@H]2C=C(C(F)(F)F)[C@@H]1[C@@H]2Br. The summed E-state index contributed by atoms with van der Waals surface area (Å²) in [6.07, 6.45) is -5.47. The fraction of sp³-hybridized carbons (Fsp3) is 0.500. The average molecular weight is 300 g/mol. The van der Waals surface area contributed by atoms with Crippen molar-refractivity contribution in [1.29, 1.82) is 0 Å². The van der Waals surface area contributed by atoms with Gasteiger partial charge in [0.2, 0.25) is 5.91 Å². The Morgan fingerprint density at radius 3 is 2.44 bits per heavy atom. The van der Waals surface area contributed by atoms with Crippen molar-refractivity contribution in [3.63, 3.8) is 0 Å². The highest BCUT2D eigenvalue weighted by Crippen LogP contribution is 2.47. The van der Waals surface area contributed by atoms with Gasteiger partial charge in [0.05, 0.1) is 22.4 Å². The topological polar surface area (TPSA) is 57.6 Å². The summed E-state index contributed by atoms with van der Waals surface area (Å²) >= 11 is 2.94. The van der Waals surface area contributed by atoms with Crippen molar-refractivity contribution >= 4 is 27.9 Å². The van der Waals surface area contributed by atoms with Crippen LogP contribution in [-0.4, -0.2) is 39.1 Å². The van der Waals surface area contributed by atoms with Gasteiger partial charge in [0.15, 0.2) is 0 Å². The zero-order valence-electron chi connectivity index (χ0n) is 7.53. The highest BCUT2D eigenvalue weighted by atomic mass is 79.9. The molecule has 1 saturated heterocycles. The minimum atomic E-state index is -4.61. The number of rotatable bonds is 0. The third kappa shape index (κ3) is 1.35. The van der Waals surface area contributed by atoms with Crippen LogP contribution in [-0.2, 0) is 4.79 Å². The molecule has 2 amide bonds. The van der Waals surface area contributed by atoms with E-state index in [9.17, 15) is 22.8 Å². The summed E-state index contributed by atoms with van der Waals surface area (Å²) in [6, 6.07) is -1.46. The Labute approximate surface area is 95.8 Å². The van der Waals surface area contributed by atoms with Crippen LogP contribution in [0.15, 0.2) is 11.6 Å². The van der Waals surface area contributed by atoms with Gasteiger partial charge in [-0.25, -0.2) is 9.69 Å². The molecule has 1 heterocycles. The average Bonchev–Trinajstić information content (AvgIpc) is 2.54. The van der Waals surface area contributed by atoms with E-state index in [2.05, 4.69) is 15.9 Å². The molecule has 3 atom stereocenters. The first kappa shape index (κ1) is 11.4. The molecule has 0 aromatic carbocycles. The van der Waals surface area contributed by atoms with E-state index in [1.807, 2.05) is 0 Å². The molecule has 0 spiro atoms. The molecule has 1 aliphatic carbocycles. The van der Waals surface area contributed by atoms with Gasteiger partial charge in [0.25, 0.3) is 0 Å². The van der Waals surface area contributed by atoms with Crippen LogP contribution < -0.4 is 0 Å². The van der Waals surface area contributed by atoms with E-state index in [-0.39, 0.29) is 4.90 Å². The van der Waals surface area contributed by atoms with Gasteiger partial charge in [0, 0.05) is 0 Å². The Bertz CT molecular complexity index is 406. The number of likely N-dealkylation sites (tertiary alicyclic amines) is 1. The summed E-state index contributed by atoms with van der Waals surface area (Å²) in [6.45, 7) is 0. The molecule has 0 aromatic heterocycles. The standard InChI is InChI=1S/C8H5BrF3NO3/c9-4-2-1-3(8(10,11)12)5(4)13(6(2)14)7(15)16/h1-2,4-5H,(H,15,16)/t2-,4+,5+/m0/s1. The van der Waals surface area contributed by atoms with Gasteiger partial charge in [0.1, 0.15) is 0 Å². The maximum atomic E-state index is 12.5. The van der Waals surface area contributed by atoms with Gasteiger partial charge in [-0.3, -0.25) is 4.79 Å². The Morgan fingerprint density at radius 2 is 2.06 bits per heavy atom. The maximum absolute atomic E-state index is 12.5. The quantitative estimate of drug-likeness (QED) is 0.548. The summed E-state index contributed by atoms with van der Waals surface area (Å²) in [5, 5.41) is 8.70. The smallest absolute Gasteiger partial charge is 0.414 e. The van der Waals surface area contributed by atoms with Crippen LogP contribution in [0.1, 0.15) is 0 Å². The van der Waals surface area contributed by atoms with Crippen molar-refractivity contribution in [3.05, 3.63) is 11.6 Å². The predicted molar refractivity (Wildman–Crippen MR) is 49.0 cm³/mol. The van der Waals surface area contributed by atoms with Crippen molar-refractivity contribution < 1.29 is 27.9 Å². The van der Waals surface area contributed by atoms with E-state index in [0.29, 0.717) is 0 Å². The monoisotopic (exact) mass is 299 g/mol. The number of nitrogens with zero attached hydrogens (tertiary/aromatic N) is 1. The van der Waals surface area contributed by atoms with Gasteiger partial charge in [-0.2, -0.15) is 13.2 Å². The van der Waals surface area contributed by atoms with E-state index in [4.69, 9.17) is 5.11 Å². The van der Waals surface area contributed by atoms with E-state index in [1.54, 1.807) is 0 Å². The number of carbonyl (C=O) groups is 2. The number of carboxylic acid groups (broad SMARTS) is 1. The van der Waals surface area contributed by atoms with Gasteiger partial charge in [-0.05, 0) is 0 Å². The number of amides is 2. The second-order valence-electron chi connectivity index (χ2n) is 3.53. The maximum Gasteiger partial charge on any atom is 0.414 e. The fourth-order valence-corrected chi connectivity index (χ4v) is 2.91. The van der Waals surface area contributed by atoms with Crippen LogP contribution in [0.2, 0.25) is 0 Å². The zero-order valence-corrected chi connectivity index (χ0v) is 9.12. The Balaban J connectivity index is 2.44. The lowest BCUT2D eigenvalue weighted by atomic mass is 10.1. The Morgan fingerprint density at radius 1 is 1.50 bits per heavy atom. The lowest BCUT2D eigenvalue weighted by Crippen LogP contribution is -2.44. The molecule has 16 heavy (non-hydrogen) atoms. The molecule has 2 aliphatic rings.